The van der Waals surface area contributed by atoms with Crippen molar-refractivity contribution in [2.75, 3.05) is 20.3 Å². The predicted octanol–water partition coefficient (Wildman–Crippen LogP) is 5.60. The van der Waals surface area contributed by atoms with E-state index in [0.29, 0.717) is 40.3 Å². The van der Waals surface area contributed by atoms with Crippen LogP contribution in [-0.4, -0.2) is 47.3 Å². The van der Waals surface area contributed by atoms with Crippen LogP contribution >= 0.6 is 39.3 Å². The lowest BCUT2D eigenvalue weighted by Crippen LogP contribution is -2.35. The van der Waals surface area contributed by atoms with Gasteiger partial charge in [0.05, 0.1) is 17.7 Å². The Morgan fingerprint density at radius 2 is 1.94 bits per heavy atom. The number of carbonyl (C=O) groups excluding carboxylic acids is 1. The minimum Gasteiger partial charge on any atom is -0.493 e. The Kier molecular flexibility index (Phi) is 7.60. The molecule has 0 fully saturated rings. The summed E-state index contributed by atoms with van der Waals surface area (Å²) in [5.74, 6) is 0.946. The number of benzene rings is 2. The van der Waals surface area contributed by atoms with Crippen LogP contribution in [0.15, 0.2) is 56.5 Å². The summed E-state index contributed by atoms with van der Waals surface area (Å²) >= 11 is 11.1. The largest absolute Gasteiger partial charge is 0.493 e. The molecule has 2 aliphatic heterocycles. The van der Waals surface area contributed by atoms with E-state index < -0.39 is 5.91 Å². The molecule has 2 heterocycles. The van der Waals surface area contributed by atoms with Crippen LogP contribution in [0.2, 0.25) is 5.02 Å². The number of hydrogen-bond acceptors (Lipinski definition) is 7. The first-order valence-electron chi connectivity index (χ1n) is 10.3. The molecule has 1 N–H and O–H groups in total. The van der Waals surface area contributed by atoms with Crippen LogP contribution < -0.4 is 14.2 Å². The van der Waals surface area contributed by atoms with E-state index in [1.54, 1.807) is 18.2 Å². The van der Waals surface area contributed by atoms with E-state index in [2.05, 4.69) is 26.0 Å². The van der Waals surface area contributed by atoms with Gasteiger partial charge in [-0.2, -0.15) is 15.1 Å². The number of nitrogens with zero attached hydrogens (tertiary/aromatic N) is 3. The second-order valence-electron chi connectivity index (χ2n) is 7.05. The second-order valence-corrected chi connectivity index (χ2v) is 9.42. The fourth-order valence-corrected chi connectivity index (χ4v) is 4.50. The summed E-state index contributed by atoms with van der Waals surface area (Å²) in [7, 11) is 1.50. The van der Waals surface area contributed by atoms with E-state index in [1.807, 2.05) is 31.2 Å². The van der Waals surface area contributed by atoms with Gasteiger partial charge < -0.3 is 14.2 Å². The van der Waals surface area contributed by atoms with Gasteiger partial charge in [0.1, 0.15) is 24.0 Å². The van der Waals surface area contributed by atoms with Gasteiger partial charge in [-0.05, 0) is 66.2 Å². The minimum atomic E-state index is -0.503. The number of carbonyl (C=O) groups is 1. The zero-order valence-corrected chi connectivity index (χ0v) is 21.5. The van der Waals surface area contributed by atoms with Crippen molar-refractivity contribution in [2.24, 2.45) is 10.1 Å². The Balaban J connectivity index is 1.48. The highest BCUT2D eigenvalue weighted by Crippen LogP contribution is 2.37. The van der Waals surface area contributed by atoms with Crippen LogP contribution in [0.5, 0.6) is 17.2 Å². The first kappa shape index (κ1) is 24.3. The Bertz CT molecular complexity index is 1230. The van der Waals surface area contributed by atoms with Gasteiger partial charge in [0.25, 0.3) is 5.91 Å². The molecule has 0 aliphatic carbocycles. The number of thioether (sulfide) groups is 1. The standard InChI is InChI=1S/C23H20BrClN4O4S/c1-3-19-28-29-21(26)16(22(30)27-23(29)34-19)10-13-11-17(25)20(18(12-13)31-2)33-9-8-32-15-6-4-14(24)5-7-15/h4-7,10-12,26H,3,8-9H2,1-2H3/b16-10-,26-21?. The van der Waals surface area contributed by atoms with Crippen LogP contribution in [0.25, 0.3) is 6.08 Å². The summed E-state index contributed by atoms with van der Waals surface area (Å²) in [6.07, 6.45) is 2.24. The molecular formula is C23H20BrClN4O4S. The zero-order chi connectivity index (χ0) is 24.2. The van der Waals surface area contributed by atoms with Gasteiger partial charge in [0.15, 0.2) is 17.3 Å². The first-order valence-corrected chi connectivity index (χ1v) is 12.3. The third-order valence-corrected chi connectivity index (χ3v) is 6.64. The lowest BCUT2D eigenvalue weighted by Gasteiger charge is -2.20. The van der Waals surface area contributed by atoms with E-state index in [1.165, 1.54) is 23.9 Å². The van der Waals surface area contributed by atoms with Gasteiger partial charge in [-0.3, -0.25) is 10.2 Å². The maximum absolute atomic E-state index is 12.6. The second kappa shape index (κ2) is 10.6. The number of amidine groups is 2. The lowest BCUT2D eigenvalue weighted by molar-refractivity contribution is -0.114. The Morgan fingerprint density at radius 3 is 2.65 bits per heavy atom. The number of hydrogen-bond donors (Lipinski definition) is 1. The maximum Gasteiger partial charge on any atom is 0.283 e. The van der Waals surface area contributed by atoms with Crippen molar-refractivity contribution >= 4 is 67.3 Å². The molecular weight excluding hydrogens is 544 g/mol. The smallest absolute Gasteiger partial charge is 0.283 e. The molecule has 0 bridgehead atoms. The summed E-state index contributed by atoms with van der Waals surface area (Å²) in [5.41, 5.74) is 0.679. The highest BCUT2D eigenvalue weighted by molar-refractivity contribution is 9.10. The molecule has 0 spiro atoms. The molecule has 0 atom stereocenters. The quantitative estimate of drug-likeness (QED) is 0.332. The number of nitrogens with one attached hydrogen (secondary N) is 1. The van der Waals surface area contributed by atoms with Crippen molar-refractivity contribution in [2.45, 2.75) is 13.3 Å². The molecule has 8 nitrogen and oxygen atoms in total. The molecule has 4 rings (SSSR count). The molecule has 0 unspecified atom stereocenters. The van der Waals surface area contributed by atoms with E-state index >= 15 is 0 Å². The normalized spacial score (nSPS) is 16.4. The van der Waals surface area contributed by atoms with Gasteiger partial charge in [-0.15, -0.1) is 0 Å². The number of fused-ring (bicyclic) bond motifs is 1. The van der Waals surface area contributed by atoms with E-state index in [0.717, 1.165) is 15.3 Å². The fourth-order valence-electron chi connectivity index (χ4n) is 3.14. The molecule has 176 valence electrons. The lowest BCUT2D eigenvalue weighted by atomic mass is 10.1. The number of amides is 1. The van der Waals surface area contributed by atoms with Crippen molar-refractivity contribution in [1.29, 1.82) is 5.41 Å². The predicted molar refractivity (Wildman–Crippen MR) is 138 cm³/mol. The van der Waals surface area contributed by atoms with Crippen molar-refractivity contribution in [1.82, 2.24) is 5.01 Å². The summed E-state index contributed by atoms with van der Waals surface area (Å²) < 4.78 is 17.9. The molecule has 2 aromatic carbocycles. The van der Waals surface area contributed by atoms with Crippen LogP contribution in [0.3, 0.4) is 0 Å². The highest BCUT2D eigenvalue weighted by atomic mass is 79.9. The van der Waals surface area contributed by atoms with Crippen LogP contribution in [0.4, 0.5) is 0 Å². The van der Waals surface area contributed by atoms with E-state index in [4.69, 9.17) is 31.2 Å². The number of methoxy groups -OCH3 is 1. The SMILES string of the molecule is CCC1=NN2C(=N)/C(=C/c3cc(Cl)c(OCCOc4ccc(Br)cc4)c(OC)c3)C(=O)N=C2S1. The summed E-state index contributed by atoms with van der Waals surface area (Å²) in [6.45, 7) is 2.52. The van der Waals surface area contributed by atoms with E-state index in [9.17, 15) is 4.79 Å². The van der Waals surface area contributed by atoms with Crippen molar-refractivity contribution < 1.29 is 19.0 Å². The third kappa shape index (κ3) is 5.29. The van der Waals surface area contributed by atoms with Gasteiger partial charge in [-0.1, -0.05) is 34.5 Å². The summed E-state index contributed by atoms with van der Waals surface area (Å²) in [4.78, 5) is 16.6. The number of ether oxygens (including phenoxy) is 3. The van der Waals surface area contributed by atoms with Gasteiger partial charge in [-0.25, -0.2) is 0 Å². The third-order valence-electron chi connectivity index (χ3n) is 4.77. The van der Waals surface area contributed by atoms with Crippen molar-refractivity contribution in [3.8, 4) is 17.2 Å². The van der Waals surface area contributed by atoms with Crippen LogP contribution in [0.1, 0.15) is 18.9 Å². The number of rotatable bonds is 8. The van der Waals surface area contributed by atoms with Gasteiger partial charge in [0.2, 0.25) is 5.17 Å². The molecule has 2 aromatic rings. The summed E-state index contributed by atoms with van der Waals surface area (Å²) in [6, 6.07) is 10.8. The number of aliphatic imine (C=N–C) groups is 1. The zero-order valence-electron chi connectivity index (χ0n) is 18.3. The topological polar surface area (TPSA) is 96.6 Å². The molecule has 0 radical (unpaired) electrons. The average molecular weight is 564 g/mol. The summed E-state index contributed by atoms with van der Waals surface area (Å²) in [5, 5.41) is 15.7. The monoisotopic (exact) mass is 562 g/mol. The highest BCUT2D eigenvalue weighted by Gasteiger charge is 2.35. The fraction of sp³-hybridized carbons (Fsp3) is 0.217. The maximum atomic E-state index is 12.6. The molecule has 34 heavy (non-hydrogen) atoms. The minimum absolute atomic E-state index is 0.0357. The van der Waals surface area contributed by atoms with Crippen molar-refractivity contribution in [3.63, 3.8) is 0 Å². The number of hydrazone groups is 1. The van der Waals surface area contributed by atoms with E-state index in [-0.39, 0.29) is 18.0 Å². The Hall–Kier alpha value is -2.82. The number of halogens is 2. The average Bonchev–Trinajstić information content (AvgIpc) is 3.24. The molecule has 2 aliphatic rings. The molecule has 1 amide bonds. The van der Waals surface area contributed by atoms with Gasteiger partial charge >= 0.3 is 0 Å². The molecule has 0 saturated carbocycles. The molecule has 11 heteroatoms. The Labute approximate surface area is 214 Å². The van der Waals surface area contributed by atoms with Crippen LogP contribution in [0, 0.1) is 5.41 Å². The van der Waals surface area contributed by atoms with Crippen molar-refractivity contribution in [3.05, 3.63) is 57.0 Å². The van der Waals surface area contributed by atoms with Crippen LogP contribution in [-0.2, 0) is 4.79 Å². The molecule has 0 aromatic heterocycles. The van der Waals surface area contributed by atoms with Gasteiger partial charge in [0, 0.05) is 4.47 Å². The molecule has 0 saturated heterocycles. The Morgan fingerprint density at radius 1 is 1.21 bits per heavy atom. The first-order chi connectivity index (χ1) is 16.4.